The predicted molar refractivity (Wildman–Crippen MR) is 104 cm³/mol. The molecule has 3 aromatic heterocycles. The number of rotatable bonds is 4. The molecule has 166 valence electrons. The van der Waals surface area contributed by atoms with Crippen molar-refractivity contribution in [3.8, 4) is 11.1 Å². The Labute approximate surface area is 179 Å². The third kappa shape index (κ3) is 5.42. The fraction of sp³-hybridized carbons (Fsp3) is 0.190. The summed E-state index contributed by atoms with van der Waals surface area (Å²) in [5.74, 6) is -3.15. The van der Waals surface area contributed by atoms with Gasteiger partial charge < -0.3 is 10.0 Å². The minimum absolute atomic E-state index is 0.0305. The minimum atomic E-state index is -5.08. The standard InChI is InChI=1S/C19H15FN4O.C2HF3O2/c20-14-1-2-15(23-11-14)6-10-24-12-17-18(19(24)25)16(5-9-22-17)13-3-7-21-8-4-13;3-2(4,5)1(6)7/h1-5,7-9,11H,6,10,12H2;(H,6,7). The van der Waals surface area contributed by atoms with E-state index in [9.17, 15) is 22.4 Å². The lowest BCUT2D eigenvalue weighted by Gasteiger charge is -2.15. The van der Waals surface area contributed by atoms with Gasteiger partial charge in [-0.2, -0.15) is 13.2 Å². The Morgan fingerprint density at radius 3 is 2.34 bits per heavy atom. The molecule has 7 nitrogen and oxygen atoms in total. The van der Waals surface area contributed by atoms with Crippen molar-refractivity contribution < 1.29 is 32.3 Å². The van der Waals surface area contributed by atoms with Crippen LogP contribution in [0.1, 0.15) is 21.7 Å². The van der Waals surface area contributed by atoms with Gasteiger partial charge in [-0.3, -0.25) is 19.7 Å². The Kier molecular flexibility index (Phi) is 6.76. The number of carbonyl (C=O) groups is 2. The number of carbonyl (C=O) groups excluding carboxylic acids is 1. The third-order valence-corrected chi connectivity index (χ3v) is 4.53. The van der Waals surface area contributed by atoms with Gasteiger partial charge in [-0.25, -0.2) is 9.18 Å². The summed E-state index contributed by atoms with van der Waals surface area (Å²) in [6.07, 6.45) is 1.83. The first-order valence-electron chi connectivity index (χ1n) is 9.25. The fourth-order valence-corrected chi connectivity index (χ4v) is 3.03. The third-order valence-electron chi connectivity index (χ3n) is 4.53. The highest BCUT2D eigenvalue weighted by Crippen LogP contribution is 2.31. The summed E-state index contributed by atoms with van der Waals surface area (Å²) < 4.78 is 44.7. The summed E-state index contributed by atoms with van der Waals surface area (Å²) in [6.45, 7) is 0.998. The second-order valence-electron chi connectivity index (χ2n) is 6.66. The van der Waals surface area contributed by atoms with E-state index in [4.69, 9.17) is 9.90 Å². The number of nitrogens with zero attached hydrogens (tertiary/aromatic N) is 4. The zero-order valence-electron chi connectivity index (χ0n) is 16.4. The molecule has 0 saturated carbocycles. The zero-order chi connectivity index (χ0) is 23.3. The SMILES string of the molecule is O=C(O)C(F)(F)F.O=C1c2c(-c3ccncc3)ccnc2CN1CCc1ccc(F)cn1. The highest BCUT2D eigenvalue weighted by Gasteiger charge is 2.38. The number of amides is 1. The first-order chi connectivity index (χ1) is 15.2. The molecule has 32 heavy (non-hydrogen) atoms. The first kappa shape index (κ1) is 22.8. The first-order valence-corrected chi connectivity index (χ1v) is 9.25. The number of carboxylic acid groups (broad SMARTS) is 1. The van der Waals surface area contributed by atoms with E-state index in [1.165, 1.54) is 12.3 Å². The summed E-state index contributed by atoms with van der Waals surface area (Å²) in [4.78, 5) is 35.9. The molecular weight excluding hydrogens is 432 g/mol. The molecule has 1 amide bonds. The van der Waals surface area contributed by atoms with Crippen molar-refractivity contribution in [2.24, 2.45) is 0 Å². The molecule has 1 aliphatic heterocycles. The van der Waals surface area contributed by atoms with Crippen LogP contribution in [0.25, 0.3) is 11.1 Å². The van der Waals surface area contributed by atoms with Crippen LogP contribution in [-0.4, -0.2) is 49.6 Å². The maximum absolute atomic E-state index is 12.9. The van der Waals surface area contributed by atoms with Gasteiger partial charge in [-0.1, -0.05) is 0 Å². The number of hydrogen-bond acceptors (Lipinski definition) is 5. The minimum Gasteiger partial charge on any atom is -0.475 e. The smallest absolute Gasteiger partial charge is 0.475 e. The van der Waals surface area contributed by atoms with E-state index in [-0.39, 0.29) is 11.7 Å². The van der Waals surface area contributed by atoms with Gasteiger partial charge in [0.1, 0.15) is 5.82 Å². The average molecular weight is 448 g/mol. The monoisotopic (exact) mass is 448 g/mol. The van der Waals surface area contributed by atoms with Crippen molar-refractivity contribution >= 4 is 11.9 Å². The molecule has 1 aliphatic rings. The number of fused-ring (bicyclic) bond motifs is 1. The Morgan fingerprint density at radius 1 is 1.06 bits per heavy atom. The van der Waals surface area contributed by atoms with Gasteiger partial charge in [0.05, 0.1) is 24.0 Å². The van der Waals surface area contributed by atoms with Crippen LogP contribution in [0.4, 0.5) is 17.6 Å². The van der Waals surface area contributed by atoms with Crippen LogP contribution in [0.15, 0.2) is 55.1 Å². The summed E-state index contributed by atoms with van der Waals surface area (Å²) in [6, 6.07) is 8.65. The van der Waals surface area contributed by atoms with Crippen LogP contribution in [-0.2, 0) is 17.8 Å². The van der Waals surface area contributed by atoms with Crippen LogP contribution in [0, 0.1) is 5.82 Å². The van der Waals surface area contributed by atoms with E-state index in [0.29, 0.717) is 25.1 Å². The van der Waals surface area contributed by atoms with Crippen molar-refractivity contribution in [1.82, 2.24) is 19.9 Å². The maximum Gasteiger partial charge on any atom is 0.490 e. The number of hydrogen-bond donors (Lipinski definition) is 1. The number of alkyl halides is 3. The molecule has 0 radical (unpaired) electrons. The molecule has 0 unspecified atom stereocenters. The van der Waals surface area contributed by atoms with Crippen molar-refractivity contribution in [3.63, 3.8) is 0 Å². The van der Waals surface area contributed by atoms with Crippen molar-refractivity contribution in [3.05, 3.63) is 77.9 Å². The number of aromatic nitrogens is 3. The lowest BCUT2D eigenvalue weighted by atomic mass is 10.0. The van der Waals surface area contributed by atoms with Gasteiger partial charge in [0.2, 0.25) is 0 Å². The van der Waals surface area contributed by atoms with Crippen LogP contribution in [0.3, 0.4) is 0 Å². The molecule has 1 N–H and O–H groups in total. The maximum atomic E-state index is 12.9. The number of aliphatic carboxylic acids is 1. The highest BCUT2D eigenvalue weighted by atomic mass is 19.4. The molecule has 3 aromatic rings. The molecule has 0 atom stereocenters. The van der Waals surface area contributed by atoms with Crippen molar-refractivity contribution in [1.29, 1.82) is 0 Å². The highest BCUT2D eigenvalue weighted by molar-refractivity contribution is 6.03. The van der Waals surface area contributed by atoms with Crippen LogP contribution >= 0.6 is 0 Å². The van der Waals surface area contributed by atoms with E-state index in [1.807, 2.05) is 18.2 Å². The molecule has 0 saturated heterocycles. The molecule has 0 spiro atoms. The Morgan fingerprint density at radius 2 is 1.75 bits per heavy atom. The van der Waals surface area contributed by atoms with Gasteiger partial charge in [0.15, 0.2) is 0 Å². The molecule has 0 bridgehead atoms. The summed E-state index contributed by atoms with van der Waals surface area (Å²) >= 11 is 0. The second-order valence-corrected chi connectivity index (χ2v) is 6.66. The fourth-order valence-electron chi connectivity index (χ4n) is 3.03. The quantitative estimate of drug-likeness (QED) is 0.614. The largest absolute Gasteiger partial charge is 0.490 e. The lowest BCUT2D eigenvalue weighted by molar-refractivity contribution is -0.192. The second kappa shape index (κ2) is 9.50. The van der Waals surface area contributed by atoms with E-state index < -0.39 is 12.1 Å². The molecule has 11 heteroatoms. The van der Waals surface area contributed by atoms with Gasteiger partial charge >= 0.3 is 12.1 Å². The molecule has 0 fully saturated rings. The van der Waals surface area contributed by atoms with Gasteiger partial charge in [-0.05, 0) is 41.5 Å². The Hall–Kier alpha value is -3.89. The molecule has 4 heterocycles. The van der Waals surface area contributed by atoms with Gasteiger partial charge in [-0.15, -0.1) is 0 Å². The van der Waals surface area contributed by atoms with Crippen LogP contribution in [0.2, 0.25) is 0 Å². The van der Waals surface area contributed by atoms with E-state index in [0.717, 1.165) is 22.5 Å². The number of carboxylic acids is 1. The number of halogens is 4. The zero-order valence-corrected chi connectivity index (χ0v) is 16.4. The average Bonchev–Trinajstić information content (AvgIpc) is 3.09. The summed E-state index contributed by atoms with van der Waals surface area (Å²) in [5.41, 5.74) is 4.02. The van der Waals surface area contributed by atoms with Gasteiger partial charge in [0.25, 0.3) is 5.91 Å². The normalized spacial score (nSPS) is 12.8. The number of pyridine rings is 3. The molecule has 0 aliphatic carbocycles. The Balaban J connectivity index is 0.000000360. The van der Waals surface area contributed by atoms with Crippen LogP contribution in [0.5, 0.6) is 0 Å². The molecule has 0 aromatic carbocycles. The van der Waals surface area contributed by atoms with Crippen molar-refractivity contribution in [2.75, 3.05) is 6.54 Å². The lowest BCUT2D eigenvalue weighted by Crippen LogP contribution is -2.26. The van der Waals surface area contributed by atoms with E-state index in [2.05, 4.69) is 15.0 Å². The van der Waals surface area contributed by atoms with E-state index in [1.54, 1.807) is 29.6 Å². The summed E-state index contributed by atoms with van der Waals surface area (Å²) in [5, 5.41) is 7.12. The summed E-state index contributed by atoms with van der Waals surface area (Å²) in [7, 11) is 0. The van der Waals surface area contributed by atoms with Crippen LogP contribution < -0.4 is 0 Å². The van der Waals surface area contributed by atoms with Crippen molar-refractivity contribution in [2.45, 2.75) is 19.1 Å². The Bertz CT molecular complexity index is 1110. The molecule has 4 rings (SSSR count). The predicted octanol–water partition coefficient (Wildman–Crippen LogP) is 3.51. The topological polar surface area (TPSA) is 96.3 Å². The van der Waals surface area contributed by atoms with Gasteiger partial charge in [0, 0.05) is 37.3 Å². The molecular formula is C21H16F4N4O3. The van der Waals surface area contributed by atoms with E-state index >= 15 is 0 Å².